The molecule has 3 heterocycles. The summed E-state index contributed by atoms with van der Waals surface area (Å²) in [5.41, 5.74) is 1.30. The first-order chi connectivity index (χ1) is 11.2. The number of urea groups is 1. The van der Waals surface area contributed by atoms with E-state index in [0.29, 0.717) is 12.5 Å². The molecule has 1 fully saturated rings. The van der Waals surface area contributed by atoms with Crippen LogP contribution in [0.5, 0.6) is 0 Å². The van der Waals surface area contributed by atoms with Crippen molar-refractivity contribution in [1.82, 2.24) is 25.0 Å². The fraction of sp³-hybridized carbons (Fsp3) is 0.562. The van der Waals surface area contributed by atoms with Gasteiger partial charge < -0.3 is 10.2 Å². The number of carbonyl (C=O) groups excluding carboxylic acids is 1. The van der Waals surface area contributed by atoms with E-state index >= 15 is 0 Å². The molecule has 7 heteroatoms. The fourth-order valence-corrected chi connectivity index (χ4v) is 3.68. The molecule has 6 nitrogen and oxygen atoms in total. The van der Waals surface area contributed by atoms with Crippen LogP contribution < -0.4 is 5.32 Å². The van der Waals surface area contributed by atoms with Crippen LogP contribution in [-0.4, -0.2) is 38.8 Å². The summed E-state index contributed by atoms with van der Waals surface area (Å²) >= 11 is 1.62. The second kappa shape index (κ2) is 7.12. The first kappa shape index (κ1) is 16.0. The maximum absolute atomic E-state index is 12.3. The zero-order chi connectivity index (χ0) is 16.2. The third kappa shape index (κ3) is 3.90. The van der Waals surface area contributed by atoms with Crippen LogP contribution in [0.15, 0.2) is 18.6 Å². The largest absolute Gasteiger partial charge is 0.333 e. The van der Waals surface area contributed by atoms with Gasteiger partial charge in [0.1, 0.15) is 0 Å². The van der Waals surface area contributed by atoms with E-state index < -0.39 is 0 Å². The molecule has 1 saturated heterocycles. The topological polar surface area (TPSA) is 63.1 Å². The molecule has 0 unspecified atom stereocenters. The van der Waals surface area contributed by atoms with Crippen molar-refractivity contribution in [3.05, 3.63) is 34.0 Å². The quantitative estimate of drug-likeness (QED) is 0.936. The minimum atomic E-state index is 0.0266. The number of piperidine rings is 1. The van der Waals surface area contributed by atoms with Crippen molar-refractivity contribution in [2.75, 3.05) is 13.1 Å². The first-order valence-electron chi connectivity index (χ1n) is 8.12. The Kier molecular flexibility index (Phi) is 4.95. The van der Waals surface area contributed by atoms with Gasteiger partial charge in [0.15, 0.2) is 0 Å². The molecule has 0 spiro atoms. The molecule has 2 aromatic heterocycles. The Hall–Kier alpha value is -1.89. The molecule has 1 aliphatic rings. The molecule has 0 saturated carbocycles. The monoisotopic (exact) mass is 333 g/mol. The van der Waals surface area contributed by atoms with Crippen LogP contribution in [0, 0.1) is 6.92 Å². The lowest BCUT2D eigenvalue weighted by atomic mass is 9.92. The van der Waals surface area contributed by atoms with E-state index in [1.165, 1.54) is 5.56 Å². The Labute approximate surface area is 140 Å². The lowest BCUT2D eigenvalue weighted by Crippen LogP contribution is -2.43. The molecule has 0 radical (unpaired) electrons. The smallest absolute Gasteiger partial charge is 0.317 e. The molecule has 23 heavy (non-hydrogen) atoms. The number of hydrogen-bond acceptors (Lipinski definition) is 4. The lowest BCUT2D eigenvalue weighted by Gasteiger charge is -2.31. The van der Waals surface area contributed by atoms with E-state index in [9.17, 15) is 4.79 Å². The summed E-state index contributed by atoms with van der Waals surface area (Å²) in [4.78, 5) is 19.5. The predicted octanol–water partition coefficient (Wildman–Crippen LogP) is 2.76. The maximum Gasteiger partial charge on any atom is 0.317 e. The molecular formula is C16H23N5OS. The highest BCUT2D eigenvalue weighted by atomic mass is 32.1. The molecule has 0 aromatic carbocycles. The van der Waals surface area contributed by atoms with E-state index in [1.807, 2.05) is 28.9 Å². The van der Waals surface area contributed by atoms with Gasteiger partial charge in [0.25, 0.3) is 0 Å². The van der Waals surface area contributed by atoms with Crippen LogP contribution in [0.1, 0.15) is 41.1 Å². The molecule has 2 aromatic rings. The van der Waals surface area contributed by atoms with Gasteiger partial charge in [-0.1, -0.05) is 0 Å². The second-order valence-corrected chi connectivity index (χ2v) is 7.21. The molecule has 0 bridgehead atoms. The van der Waals surface area contributed by atoms with Gasteiger partial charge in [-0.05, 0) is 38.2 Å². The Morgan fingerprint density at radius 3 is 2.78 bits per heavy atom. The van der Waals surface area contributed by atoms with Crippen molar-refractivity contribution in [3.8, 4) is 0 Å². The van der Waals surface area contributed by atoms with E-state index in [0.717, 1.165) is 42.4 Å². The third-order valence-electron chi connectivity index (χ3n) is 4.31. The highest BCUT2D eigenvalue weighted by Crippen LogP contribution is 2.27. The number of likely N-dealkylation sites (tertiary alicyclic amines) is 1. The number of thiazole rings is 1. The average molecular weight is 333 g/mol. The number of amides is 2. The van der Waals surface area contributed by atoms with Crippen molar-refractivity contribution < 1.29 is 4.79 Å². The molecule has 2 amide bonds. The SMILES string of the molecule is CCn1cc(C2CCN(C(=O)NCc3cnc(C)s3)CC2)cn1. The van der Waals surface area contributed by atoms with Crippen LogP contribution in [-0.2, 0) is 13.1 Å². The minimum Gasteiger partial charge on any atom is -0.333 e. The lowest BCUT2D eigenvalue weighted by molar-refractivity contribution is 0.181. The van der Waals surface area contributed by atoms with Crippen LogP contribution in [0.4, 0.5) is 4.79 Å². The van der Waals surface area contributed by atoms with Crippen molar-refractivity contribution in [1.29, 1.82) is 0 Å². The number of hydrogen-bond donors (Lipinski definition) is 1. The Balaban J connectivity index is 1.47. The first-order valence-corrected chi connectivity index (χ1v) is 8.93. The number of nitrogens with one attached hydrogen (secondary N) is 1. The summed E-state index contributed by atoms with van der Waals surface area (Å²) in [6, 6.07) is 0.0266. The van der Waals surface area contributed by atoms with Gasteiger partial charge >= 0.3 is 6.03 Å². The predicted molar refractivity (Wildman–Crippen MR) is 90.5 cm³/mol. The van der Waals surface area contributed by atoms with Crippen molar-refractivity contribution in [2.24, 2.45) is 0 Å². The Bertz CT molecular complexity index is 657. The molecule has 0 atom stereocenters. The second-order valence-electron chi connectivity index (χ2n) is 5.89. The molecular weight excluding hydrogens is 310 g/mol. The number of aromatic nitrogens is 3. The summed E-state index contributed by atoms with van der Waals surface area (Å²) in [7, 11) is 0. The summed E-state index contributed by atoms with van der Waals surface area (Å²) in [5.74, 6) is 0.517. The maximum atomic E-state index is 12.3. The summed E-state index contributed by atoms with van der Waals surface area (Å²) in [6.45, 7) is 7.13. The zero-order valence-corrected chi connectivity index (χ0v) is 14.5. The molecule has 1 aliphatic heterocycles. The Morgan fingerprint density at radius 2 is 2.17 bits per heavy atom. The van der Waals surface area contributed by atoms with Gasteiger partial charge in [-0.3, -0.25) is 4.68 Å². The number of carbonyl (C=O) groups is 1. The van der Waals surface area contributed by atoms with Gasteiger partial charge in [0, 0.05) is 36.9 Å². The van der Waals surface area contributed by atoms with Gasteiger partial charge in [-0.15, -0.1) is 11.3 Å². The average Bonchev–Trinajstić information content (AvgIpc) is 3.21. The number of rotatable bonds is 4. The summed E-state index contributed by atoms with van der Waals surface area (Å²) < 4.78 is 1.96. The van der Waals surface area contributed by atoms with Crippen molar-refractivity contribution >= 4 is 17.4 Å². The van der Waals surface area contributed by atoms with Gasteiger partial charge in [0.05, 0.1) is 17.7 Å². The van der Waals surface area contributed by atoms with Gasteiger partial charge in [-0.25, -0.2) is 9.78 Å². The van der Waals surface area contributed by atoms with Crippen LogP contribution in [0.2, 0.25) is 0 Å². The Morgan fingerprint density at radius 1 is 1.39 bits per heavy atom. The normalized spacial score (nSPS) is 15.8. The number of aryl methyl sites for hydroxylation is 2. The van der Waals surface area contributed by atoms with E-state index in [2.05, 4.69) is 28.5 Å². The highest BCUT2D eigenvalue weighted by Gasteiger charge is 2.24. The van der Waals surface area contributed by atoms with Crippen LogP contribution in [0.25, 0.3) is 0 Å². The van der Waals surface area contributed by atoms with Gasteiger partial charge in [0.2, 0.25) is 0 Å². The van der Waals surface area contributed by atoms with Crippen molar-refractivity contribution in [3.63, 3.8) is 0 Å². The van der Waals surface area contributed by atoms with Gasteiger partial charge in [-0.2, -0.15) is 5.10 Å². The molecule has 3 rings (SSSR count). The van der Waals surface area contributed by atoms with E-state index in [-0.39, 0.29) is 6.03 Å². The van der Waals surface area contributed by atoms with Crippen molar-refractivity contribution in [2.45, 2.75) is 45.7 Å². The zero-order valence-electron chi connectivity index (χ0n) is 13.7. The fourth-order valence-electron chi connectivity index (χ4n) is 2.94. The minimum absolute atomic E-state index is 0.0266. The highest BCUT2D eigenvalue weighted by molar-refractivity contribution is 7.11. The van der Waals surface area contributed by atoms with E-state index in [1.54, 1.807) is 11.3 Å². The van der Waals surface area contributed by atoms with Crippen LogP contribution >= 0.6 is 11.3 Å². The third-order valence-corrected chi connectivity index (χ3v) is 5.23. The summed E-state index contributed by atoms with van der Waals surface area (Å²) in [6.07, 6.45) is 7.94. The van der Waals surface area contributed by atoms with Crippen LogP contribution in [0.3, 0.4) is 0 Å². The summed E-state index contributed by atoms with van der Waals surface area (Å²) in [5, 5.41) is 8.37. The molecule has 124 valence electrons. The molecule has 0 aliphatic carbocycles. The number of nitrogens with zero attached hydrogens (tertiary/aromatic N) is 4. The molecule has 1 N–H and O–H groups in total. The standard InChI is InChI=1S/C16H23N5OS/c1-3-21-11-14(8-19-21)13-4-6-20(7-5-13)16(22)18-10-15-9-17-12(2)23-15/h8-9,11,13H,3-7,10H2,1-2H3,(H,18,22). The van der Waals surface area contributed by atoms with E-state index in [4.69, 9.17) is 0 Å².